The first-order valence-electron chi connectivity index (χ1n) is 7.22. The highest BCUT2D eigenvalue weighted by molar-refractivity contribution is 6.35. The summed E-state index contributed by atoms with van der Waals surface area (Å²) >= 11 is 12.0. The summed E-state index contributed by atoms with van der Waals surface area (Å²) in [5.74, 6) is -0.208. The number of halogens is 2. The lowest BCUT2D eigenvalue weighted by Gasteiger charge is -2.15. The summed E-state index contributed by atoms with van der Waals surface area (Å²) in [5.41, 5.74) is 2.03. The average molecular weight is 350 g/mol. The minimum atomic E-state index is -0.183. The van der Waals surface area contributed by atoms with Gasteiger partial charge >= 0.3 is 0 Å². The zero-order chi connectivity index (χ0) is 17.0. The summed E-state index contributed by atoms with van der Waals surface area (Å²) in [5, 5.41) is 4.09. The Morgan fingerprint density at radius 3 is 2.22 bits per heavy atom. The van der Waals surface area contributed by atoms with Crippen LogP contribution in [0, 0.1) is 0 Å². The lowest BCUT2D eigenvalue weighted by Crippen LogP contribution is -2.34. The molecule has 0 aromatic heterocycles. The fourth-order valence-corrected chi connectivity index (χ4v) is 2.72. The van der Waals surface area contributed by atoms with Crippen LogP contribution in [0.25, 0.3) is 0 Å². The number of Topliss-reactive ketones (excluding diaryl/α,β-unsaturated/α-hetero) is 1. The Morgan fingerprint density at radius 2 is 1.65 bits per heavy atom. The normalized spacial score (nSPS) is 11.8. The van der Waals surface area contributed by atoms with Gasteiger partial charge in [-0.2, -0.15) is 0 Å². The van der Waals surface area contributed by atoms with Gasteiger partial charge in [-0.15, -0.1) is 0 Å². The maximum Gasteiger partial charge on any atom is 0.251 e. The van der Waals surface area contributed by atoms with E-state index in [4.69, 9.17) is 23.2 Å². The highest BCUT2D eigenvalue weighted by atomic mass is 35.5. The fraction of sp³-hybridized carbons (Fsp3) is 0.222. The first-order chi connectivity index (χ1) is 10.9. The average Bonchev–Trinajstić information content (AvgIpc) is 2.50. The molecular formula is C18H17Cl2NO2. The van der Waals surface area contributed by atoms with Crippen LogP contribution < -0.4 is 5.32 Å². The SMILES string of the molecule is CC(=O)c1ccc(C(=O)NC(C)Cc2ccc(Cl)cc2Cl)cc1. The maximum atomic E-state index is 12.2. The van der Waals surface area contributed by atoms with E-state index in [-0.39, 0.29) is 17.7 Å². The number of ketones is 1. The van der Waals surface area contributed by atoms with Crippen molar-refractivity contribution >= 4 is 34.9 Å². The van der Waals surface area contributed by atoms with Crippen molar-refractivity contribution in [1.29, 1.82) is 0 Å². The number of nitrogens with one attached hydrogen (secondary N) is 1. The van der Waals surface area contributed by atoms with Crippen LogP contribution in [-0.4, -0.2) is 17.7 Å². The van der Waals surface area contributed by atoms with Crippen LogP contribution in [0.3, 0.4) is 0 Å². The lowest BCUT2D eigenvalue weighted by molar-refractivity contribution is 0.0938. The molecule has 23 heavy (non-hydrogen) atoms. The second-order valence-corrected chi connectivity index (χ2v) is 6.29. The van der Waals surface area contributed by atoms with E-state index in [9.17, 15) is 9.59 Å². The van der Waals surface area contributed by atoms with Crippen LogP contribution in [0.2, 0.25) is 10.0 Å². The van der Waals surface area contributed by atoms with E-state index >= 15 is 0 Å². The molecule has 0 heterocycles. The highest BCUT2D eigenvalue weighted by Crippen LogP contribution is 2.22. The van der Waals surface area contributed by atoms with Gasteiger partial charge < -0.3 is 5.32 Å². The van der Waals surface area contributed by atoms with Gasteiger partial charge in [0.15, 0.2) is 5.78 Å². The Morgan fingerprint density at radius 1 is 1.04 bits per heavy atom. The van der Waals surface area contributed by atoms with Crippen molar-refractivity contribution in [1.82, 2.24) is 5.32 Å². The van der Waals surface area contributed by atoms with E-state index in [0.29, 0.717) is 27.6 Å². The topological polar surface area (TPSA) is 46.2 Å². The van der Waals surface area contributed by atoms with Gasteiger partial charge in [0.2, 0.25) is 0 Å². The van der Waals surface area contributed by atoms with E-state index < -0.39 is 0 Å². The van der Waals surface area contributed by atoms with Gasteiger partial charge in [0, 0.05) is 27.2 Å². The van der Waals surface area contributed by atoms with Gasteiger partial charge in [-0.05, 0) is 50.1 Å². The lowest BCUT2D eigenvalue weighted by atomic mass is 10.1. The molecule has 0 aliphatic heterocycles. The molecule has 0 radical (unpaired) electrons. The maximum absolute atomic E-state index is 12.2. The van der Waals surface area contributed by atoms with Crippen molar-refractivity contribution in [3.63, 3.8) is 0 Å². The summed E-state index contributed by atoms with van der Waals surface area (Å²) in [4.78, 5) is 23.5. The quantitative estimate of drug-likeness (QED) is 0.804. The summed E-state index contributed by atoms with van der Waals surface area (Å²) in [6, 6.07) is 11.8. The van der Waals surface area contributed by atoms with Gasteiger partial charge in [-0.25, -0.2) is 0 Å². The minimum absolute atomic E-state index is 0.0253. The summed E-state index contributed by atoms with van der Waals surface area (Å²) < 4.78 is 0. The van der Waals surface area contributed by atoms with Gasteiger partial charge in [-0.3, -0.25) is 9.59 Å². The largest absolute Gasteiger partial charge is 0.349 e. The van der Waals surface area contributed by atoms with Crippen molar-refractivity contribution in [2.75, 3.05) is 0 Å². The Bertz CT molecular complexity index is 726. The molecule has 3 nitrogen and oxygen atoms in total. The summed E-state index contributed by atoms with van der Waals surface area (Å²) in [6.07, 6.45) is 0.604. The van der Waals surface area contributed by atoms with Crippen molar-refractivity contribution in [2.24, 2.45) is 0 Å². The summed E-state index contributed by atoms with van der Waals surface area (Å²) in [6.45, 7) is 3.40. The molecule has 0 aliphatic carbocycles. The molecule has 1 amide bonds. The van der Waals surface area contributed by atoms with E-state index in [1.165, 1.54) is 6.92 Å². The fourth-order valence-electron chi connectivity index (χ4n) is 2.23. The second kappa shape index (κ2) is 7.62. The molecule has 0 bridgehead atoms. The zero-order valence-corrected chi connectivity index (χ0v) is 14.4. The highest BCUT2D eigenvalue weighted by Gasteiger charge is 2.12. The molecule has 0 saturated heterocycles. The van der Waals surface area contributed by atoms with E-state index in [1.807, 2.05) is 13.0 Å². The molecule has 0 saturated carbocycles. The van der Waals surface area contributed by atoms with Crippen molar-refractivity contribution in [2.45, 2.75) is 26.3 Å². The van der Waals surface area contributed by atoms with Gasteiger partial charge in [0.25, 0.3) is 5.91 Å². The Labute approximate surface area is 145 Å². The molecule has 1 atom stereocenters. The number of carbonyl (C=O) groups excluding carboxylic acids is 2. The Balaban J connectivity index is 2.00. The first-order valence-corrected chi connectivity index (χ1v) is 7.98. The number of hydrogen-bond donors (Lipinski definition) is 1. The standard InChI is InChI=1S/C18H17Cl2NO2/c1-11(9-15-7-8-16(19)10-17(15)20)21-18(23)14-5-3-13(4-6-14)12(2)22/h3-8,10-11H,9H2,1-2H3,(H,21,23). The number of rotatable bonds is 5. The van der Waals surface area contributed by atoms with Crippen molar-refractivity contribution < 1.29 is 9.59 Å². The molecule has 2 rings (SSSR count). The van der Waals surface area contributed by atoms with Crippen LogP contribution >= 0.6 is 23.2 Å². The third kappa shape index (κ3) is 4.81. The molecule has 0 spiro atoms. The van der Waals surface area contributed by atoms with Crippen LogP contribution in [0.4, 0.5) is 0 Å². The smallest absolute Gasteiger partial charge is 0.251 e. The minimum Gasteiger partial charge on any atom is -0.349 e. The summed E-state index contributed by atoms with van der Waals surface area (Å²) in [7, 11) is 0. The first kappa shape index (κ1) is 17.5. The Kier molecular flexibility index (Phi) is 5.80. The molecule has 120 valence electrons. The third-order valence-corrected chi connectivity index (χ3v) is 4.06. The number of hydrogen-bond acceptors (Lipinski definition) is 2. The zero-order valence-electron chi connectivity index (χ0n) is 12.9. The molecule has 0 fully saturated rings. The van der Waals surface area contributed by atoms with Gasteiger partial charge in [-0.1, -0.05) is 41.4 Å². The molecule has 0 aliphatic rings. The predicted octanol–water partition coefficient (Wildman–Crippen LogP) is 4.56. The number of benzene rings is 2. The second-order valence-electron chi connectivity index (χ2n) is 5.45. The van der Waals surface area contributed by atoms with E-state index in [2.05, 4.69) is 5.32 Å². The number of amides is 1. The molecule has 2 aromatic carbocycles. The molecular weight excluding hydrogens is 333 g/mol. The van der Waals surface area contributed by atoms with Crippen LogP contribution in [-0.2, 0) is 6.42 Å². The third-order valence-electron chi connectivity index (χ3n) is 3.47. The van der Waals surface area contributed by atoms with E-state index in [1.54, 1.807) is 36.4 Å². The van der Waals surface area contributed by atoms with Crippen LogP contribution in [0.15, 0.2) is 42.5 Å². The Hall–Kier alpha value is -1.84. The van der Waals surface area contributed by atoms with E-state index in [0.717, 1.165) is 5.56 Å². The molecule has 1 unspecified atom stereocenters. The molecule has 1 N–H and O–H groups in total. The predicted molar refractivity (Wildman–Crippen MR) is 93.5 cm³/mol. The van der Waals surface area contributed by atoms with Crippen molar-refractivity contribution in [3.05, 3.63) is 69.2 Å². The molecule has 5 heteroatoms. The van der Waals surface area contributed by atoms with Crippen LogP contribution in [0.1, 0.15) is 40.1 Å². The van der Waals surface area contributed by atoms with Crippen molar-refractivity contribution in [3.8, 4) is 0 Å². The van der Waals surface area contributed by atoms with Crippen LogP contribution in [0.5, 0.6) is 0 Å². The number of carbonyl (C=O) groups is 2. The van der Waals surface area contributed by atoms with Gasteiger partial charge in [0.1, 0.15) is 0 Å². The van der Waals surface area contributed by atoms with Gasteiger partial charge in [0.05, 0.1) is 0 Å². The molecule has 2 aromatic rings. The monoisotopic (exact) mass is 349 g/mol.